The van der Waals surface area contributed by atoms with Gasteiger partial charge in [0.15, 0.2) is 0 Å². The van der Waals surface area contributed by atoms with Crippen molar-refractivity contribution in [3.63, 3.8) is 0 Å². The molecule has 156 valence electrons. The summed E-state index contributed by atoms with van der Waals surface area (Å²) in [5, 5.41) is 3.60. The Morgan fingerprint density at radius 1 is 1.03 bits per heavy atom. The highest BCUT2D eigenvalue weighted by Gasteiger charge is 2.27. The van der Waals surface area contributed by atoms with Crippen LogP contribution in [0, 0.1) is 13.8 Å². The molecule has 0 saturated carbocycles. The maximum atomic E-state index is 13.2. The second-order valence-electron chi connectivity index (χ2n) is 7.82. The molecule has 2 amide bonds. The Balaban J connectivity index is 2.26. The lowest BCUT2D eigenvalue weighted by Gasteiger charge is -2.30. The minimum Gasteiger partial charge on any atom is -0.352 e. The lowest BCUT2D eigenvalue weighted by atomic mass is 10.0. The Kier molecular flexibility index (Phi) is 8.27. The third kappa shape index (κ3) is 6.90. The number of nitrogens with zero attached hydrogens (tertiary/aromatic N) is 1. The van der Waals surface area contributed by atoms with Crippen molar-refractivity contribution in [2.75, 3.05) is 0 Å². The number of halogens is 1. The fourth-order valence-electron chi connectivity index (χ4n) is 3.33. The van der Waals surface area contributed by atoms with Gasteiger partial charge in [-0.1, -0.05) is 60.0 Å². The number of nitrogens with one attached hydrogen (secondary N) is 1. The topological polar surface area (TPSA) is 49.4 Å². The second-order valence-corrected chi connectivity index (χ2v) is 8.25. The van der Waals surface area contributed by atoms with Crippen molar-refractivity contribution in [2.45, 2.75) is 66.1 Å². The number of hydrogen-bond donors (Lipinski definition) is 1. The predicted octanol–water partition coefficient (Wildman–Crippen LogP) is 4.83. The number of aryl methyl sites for hydroxylation is 2. The summed E-state index contributed by atoms with van der Waals surface area (Å²) in [7, 11) is 0. The number of rotatable bonds is 8. The van der Waals surface area contributed by atoms with Crippen LogP contribution in [0.15, 0.2) is 42.5 Å². The summed E-state index contributed by atoms with van der Waals surface area (Å²) in [4.78, 5) is 27.6. The summed E-state index contributed by atoms with van der Waals surface area (Å²) in [5.74, 6) is -0.225. The maximum Gasteiger partial charge on any atom is 0.242 e. The Labute approximate surface area is 179 Å². The first-order valence-electron chi connectivity index (χ1n) is 10.1. The first kappa shape index (κ1) is 23.0. The molecule has 0 heterocycles. The van der Waals surface area contributed by atoms with Gasteiger partial charge in [-0.05, 0) is 57.4 Å². The molecule has 0 bridgehead atoms. The Morgan fingerprint density at radius 3 is 2.28 bits per heavy atom. The molecule has 29 heavy (non-hydrogen) atoms. The van der Waals surface area contributed by atoms with Crippen LogP contribution in [0.5, 0.6) is 0 Å². The third-order valence-corrected chi connectivity index (χ3v) is 5.28. The van der Waals surface area contributed by atoms with Crippen molar-refractivity contribution in [2.24, 2.45) is 0 Å². The fourth-order valence-corrected chi connectivity index (χ4v) is 3.54. The van der Waals surface area contributed by atoms with E-state index >= 15 is 0 Å². The van der Waals surface area contributed by atoms with E-state index in [1.54, 1.807) is 17.9 Å². The monoisotopic (exact) mass is 414 g/mol. The quantitative estimate of drug-likeness (QED) is 0.672. The Morgan fingerprint density at radius 2 is 1.69 bits per heavy atom. The molecule has 2 aromatic rings. The molecule has 2 aromatic carbocycles. The summed E-state index contributed by atoms with van der Waals surface area (Å²) in [6, 6.07) is 13.0. The number of benzene rings is 2. The summed E-state index contributed by atoms with van der Waals surface area (Å²) in [5.41, 5.74) is 4.10. The van der Waals surface area contributed by atoms with E-state index in [4.69, 9.17) is 11.6 Å². The Bertz CT molecular complexity index is 845. The molecule has 4 nitrogen and oxygen atoms in total. The average Bonchev–Trinajstić information content (AvgIpc) is 2.64. The van der Waals surface area contributed by atoms with E-state index in [0.29, 0.717) is 11.6 Å². The summed E-state index contributed by atoms with van der Waals surface area (Å²) >= 11 is 6.12. The molecule has 0 aliphatic rings. The summed E-state index contributed by atoms with van der Waals surface area (Å²) < 4.78 is 0. The molecule has 5 heteroatoms. The van der Waals surface area contributed by atoms with Gasteiger partial charge in [-0.25, -0.2) is 0 Å². The van der Waals surface area contributed by atoms with E-state index in [1.807, 2.05) is 58.0 Å². The van der Waals surface area contributed by atoms with Crippen LogP contribution < -0.4 is 5.32 Å². The van der Waals surface area contributed by atoms with Crippen molar-refractivity contribution in [3.05, 3.63) is 69.7 Å². The molecule has 0 unspecified atom stereocenters. The highest BCUT2D eigenvalue weighted by Crippen LogP contribution is 2.17. The van der Waals surface area contributed by atoms with Gasteiger partial charge in [-0.3, -0.25) is 9.59 Å². The van der Waals surface area contributed by atoms with Gasteiger partial charge in [0, 0.05) is 17.6 Å². The lowest BCUT2D eigenvalue weighted by Crippen LogP contribution is -2.49. The average molecular weight is 415 g/mol. The van der Waals surface area contributed by atoms with Gasteiger partial charge in [0.05, 0.1) is 6.42 Å². The van der Waals surface area contributed by atoms with Gasteiger partial charge < -0.3 is 10.2 Å². The van der Waals surface area contributed by atoms with Crippen LogP contribution in [0.25, 0.3) is 0 Å². The van der Waals surface area contributed by atoms with Gasteiger partial charge >= 0.3 is 0 Å². The third-order valence-electron chi connectivity index (χ3n) is 5.05. The number of carbonyl (C=O) groups is 2. The molecular formula is C24H31ClN2O2. The van der Waals surface area contributed by atoms with E-state index in [1.165, 1.54) is 0 Å². The number of amides is 2. The highest BCUT2D eigenvalue weighted by atomic mass is 35.5. The van der Waals surface area contributed by atoms with Gasteiger partial charge in [0.1, 0.15) is 6.04 Å². The number of carbonyl (C=O) groups excluding carboxylic acids is 2. The normalized spacial score (nSPS) is 12.9. The zero-order valence-electron chi connectivity index (χ0n) is 18.0. The van der Waals surface area contributed by atoms with Crippen LogP contribution >= 0.6 is 11.6 Å². The fraction of sp³-hybridized carbons (Fsp3) is 0.417. The van der Waals surface area contributed by atoms with Crippen LogP contribution in [-0.2, 0) is 22.6 Å². The van der Waals surface area contributed by atoms with Gasteiger partial charge in [-0.15, -0.1) is 0 Å². The van der Waals surface area contributed by atoms with Crippen molar-refractivity contribution >= 4 is 23.4 Å². The van der Waals surface area contributed by atoms with Crippen LogP contribution in [0.2, 0.25) is 5.02 Å². The standard InChI is InChI=1S/C24H31ClN2O2/c1-6-18(4)26-24(29)19(5)27(15-20-8-7-9-22(25)13-20)23(28)14-21-11-16(2)10-17(3)12-21/h7-13,18-19H,6,14-15H2,1-5H3,(H,26,29)/t18-,19+/m0/s1. The summed E-state index contributed by atoms with van der Waals surface area (Å²) in [6.07, 6.45) is 1.09. The summed E-state index contributed by atoms with van der Waals surface area (Å²) in [6.45, 7) is 10.1. The van der Waals surface area contributed by atoms with Crippen LogP contribution in [0.3, 0.4) is 0 Å². The smallest absolute Gasteiger partial charge is 0.242 e. The molecule has 1 N–H and O–H groups in total. The van der Waals surface area contributed by atoms with Gasteiger partial charge in [-0.2, -0.15) is 0 Å². The van der Waals surface area contributed by atoms with Crippen molar-refractivity contribution in [1.82, 2.24) is 10.2 Å². The molecule has 2 atom stereocenters. The molecule has 0 fully saturated rings. The van der Waals surface area contributed by atoms with Crippen LogP contribution in [0.4, 0.5) is 0 Å². The van der Waals surface area contributed by atoms with Gasteiger partial charge in [0.25, 0.3) is 0 Å². The molecule has 0 aliphatic heterocycles. The molecule has 2 rings (SSSR count). The van der Waals surface area contributed by atoms with E-state index < -0.39 is 6.04 Å². The largest absolute Gasteiger partial charge is 0.352 e. The zero-order chi connectivity index (χ0) is 21.6. The predicted molar refractivity (Wildman–Crippen MR) is 119 cm³/mol. The van der Waals surface area contributed by atoms with E-state index in [9.17, 15) is 9.59 Å². The first-order chi connectivity index (χ1) is 13.7. The van der Waals surface area contributed by atoms with E-state index in [-0.39, 0.29) is 24.3 Å². The van der Waals surface area contributed by atoms with Crippen LogP contribution in [-0.4, -0.2) is 28.8 Å². The molecular weight excluding hydrogens is 384 g/mol. The first-order valence-corrected chi connectivity index (χ1v) is 10.5. The molecule has 0 aliphatic carbocycles. The number of hydrogen-bond acceptors (Lipinski definition) is 2. The zero-order valence-corrected chi connectivity index (χ0v) is 18.7. The van der Waals surface area contributed by atoms with Crippen molar-refractivity contribution < 1.29 is 9.59 Å². The SMILES string of the molecule is CC[C@H](C)NC(=O)[C@@H](C)N(Cc1cccc(Cl)c1)C(=O)Cc1cc(C)cc(C)c1. The second kappa shape index (κ2) is 10.4. The van der Waals surface area contributed by atoms with E-state index in [2.05, 4.69) is 11.4 Å². The van der Waals surface area contributed by atoms with Crippen LogP contribution in [0.1, 0.15) is 49.4 Å². The van der Waals surface area contributed by atoms with Crippen molar-refractivity contribution in [3.8, 4) is 0 Å². The van der Waals surface area contributed by atoms with Crippen molar-refractivity contribution in [1.29, 1.82) is 0 Å². The lowest BCUT2D eigenvalue weighted by molar-refractivity contribution is -0.140. The maximum absolute atomic E-state index is 13.2. The molecule has 0 spiro atoms. The highest BCUT2D eigenvalue weighted by molar-refractivity contribution is 6.30. The van der Waals surface area contributed by atoms with Gasteiger partial charge in [0.2, 0.25) is 11.8 Å². The molecule has 0 aromatic heterocycles. The minimum atomic E-state index is -0.582. The molecule has 0 radical (unpaired) electrons. The molecule has 0 saturated heterocycles. The van der Waals surface area contributed by atoms with E-state index in [0.717, 1.165) is 28.7 Å². The minimum absolute atomic E-state index is 0.0625. The Hall–Kier alpha value is -2.33.